The topological polar surface area (TPSA) is 69.0 Å². The molecule has 6 nitrogen and oxygen atoms in total. The molecule has 0 atom stereocenters. The molecular weight excluding hydrogens is 352 g/mol. The van der Waals surface area contributed by atoms with Gasteiger partial charge in [-0.25, -0.2) is 9.97 Å². The molecule has 2 aromatic heterocycles. The molecule has 28 heavy (non-hydrogen) atoms. The predicted molar refractivity (Wildman–Crippen MR) is 108 cm³/mol. The van der Waals surface area contributed by atoms with Crippen molar-refractivity contribution >= 4 is 22.8 Å². The molecule has 1 amide bonds. The molecule has 0 saturated heterocycles. The Kier molecular flexibility index (Phi) is 5.01. The fraction of sp³-hybridized carbons (Fsp3) is 0.136. The average molecular weight is 372 g/mol. The van der Waals surface area contributed by atoms with Crippen molar-refractivity contribution in [3.63, 3.8) is 0 Å². The summed E-state index contributed by atoms with van der Waals surface area (Å²) in [5, 5.41) is 2.85. The Labute approximate surface area is 162 Å². The summed E-state index contributed by atoms with van der Waals surface area (Å²) in [6, 6.07) is 21.0. The molecule has 0 saturated carbocycles. The van der Waals surface area contributed by atoms with Gasteiger partial charge in [0, 0.05) is 6.20 Å². The molecule has 2 aromatic carbocycles. The summed E-state index contributed by atoms with van der Waals surface area (Å²) in [4.78, 5) is 21.5. The summed E-state index contributed by atoms with van der Waals surface area (Å²) in [6.07, 6.45) is 1.68. The zero-order valence-corrected chi connectivity index (χ0v) is 15.5. The van der Waals surface area contributed by atoms with Crippen LogP contribution >= 0.6 is 0 Å². The second kappa shape index (κ2) is 7.92. The maximum Gasteiger partial charge on any atom is 0.245 e. The van der Waals surface area contributed by atoms with Crippen LogP contribution in [0.4, 0.5) is 5.82 Å². The Morgan fingerprint density at radius 3 is 2.68 bits per heavy atom. The normalized spacial score (nSPS) is 10.8. The van der Waals surface area contributed by atoms with E-state index in [9.17, 15) is 4.79 Å². The van der Waals surface area contributed by atoms with Gasteiger partial charge in [-0.05, 0) is 48.9 Å². The molecule has 0 aliphatic carbocycles. The van der Waals surface area contributed by atoms with Gasteiger partial charge in [0.25, 0.3) is 0 Å². The quantitative estimate of drug-likeness (QED) is 0.556. The molecule has 140 valence electrons. The molecule has 0 bridgehead atoms. The third-order valence-electron chi connectivity index (χ3n) is 4.33. The summed E-state index contributed by atoms with van der Waals surface area (Å²) in [5.41, 5.74) is 2.76. The number of carbonyl (C=O) groups excluding carboxylic acids is 1. The lowest BCUT2D eigenvalue weighted by Gasteiger charge is -2.11. The Morgan fingerprint density at radius 1 is 1.07 bits per heavy atom. The van der Waals surface area contributed by atoms with Gasteiger partial charge in [0.2, 0.25) is 5.91 Å². The monoisotopic (exact) mass is 372 g/mol. The molecule has 6 heteroatoms. The first-order chi connectivity index (χ1) is 13.7. The van der Waals surface area contributed by atoms with E-state index in [0.29, 0.717) is 11.6 Å². The first-order valence-corrected chi connectivity index (χ1v) is 9.03. The van der Waals surface area contributed by atoms with E-state index in [0.717, 1.165) is 22.3 Å². The predicted octanol–water partition coefficient (Wildman–Crippen LogP) is 3.96. The lowest BCUT2D eigenvalue weighted by Crippen LogP contribution is -2.21. The van der Waals surface area contributed by atoms with E-state index in [-0.39, 0.29) is 19.1 Å². The minimum atomic E-state index is -0.165. The summed E-state index contributed by atoms with van der Waals surface area (Å²) >= 11 is 0. The molecule has 0 aliphatic rings. The minimum Gasteiger partial charge on any atom is -0.486 e. The molecule has 1 N–H and O–H groups in total. The van der Waals surface area contributed by atoms with E-state index in [1.165, 1.54) is 0 Å². The fourth-order valence-corrected chi connectivity index (χ4v) is 3.01. The standard InChI is InChI=1S/C22H20N4O2/c1-16-11-12-23-20(13-16)25-22(27)14-26-19-10-6-5-9-18(19)24-21(26)15-28-17-7-3-2-4-8-17/h2-13H,14-15H2,1H3,(H,23,25,27). The summed E-state index contributed by atoms with van der Waals surface area (Å²) in [5.74, 6) is 1.82. The van der Waals surface area contributed by atoms with Crippen LogP contribution < -0.4 is 10.1 Å². The number of aromatic nitrogens is 3. The number of aryl methyl sites for hydroxylation is 1. The molecule has 0 unspecified atom stereocenters. The number of amides is 1. The van der Waals surface area contributed by atoms with Gasteiger partial charge in [0.15, 0.2) is 0 Å². The highest BCUT2D eigenvalue weighted by atomic mass is 16.5. The van der Waals surface area contributed by atoms with Gasteiger partial charge in [-0.2, -0.15) is 0 Å². The Balaban J connectivity index is 1.56. The van der Waals surface area contributed by atoms with Crippen LogP contribution in [0.15, 0.2) is 72.9 Å². The van der Waals surface area contributed by atoms with Crippen LogP contribution in [0, 0.1) is 6.92 Å². The third-order valence-corrected chi connectivity index (χ3v) is 4.33. The molecule has 2 heterocycles. The number of anilines is 1. The van der Waals surface area contributed by atoms with Gasteiger partial charge in [-0.3, -0.25) is 4.79 Å². The summed E-state index contributed by atoms with van der Waals surface area (Å²) in [6.45, 7) is 2.36. The van der Waals surface area contributed by atoms with Gasteiger partial charge < -0.3 is 14.6 Å². The molecule has 0 radical (unpaired) electrons. The summed E-state index contributed by atoms with van der Waals surface area (Å²) < 4.78 is 7.73. The minimum absolute atomic E-state index is 0.129. The number of fused-ring (bicyclic) bond motifs is 1. The zero-order valence-electron chi connectivity index (χ0n) is 15.5. The largest absolute Gasteiger partial charge is 0.486 e. The fourth-order valence-electron chi connectivity index (χ4n) is 3.01. The van der Waals surface area contributed by atoms with E-state index >= 15 is 0 Å². The maximum absolute atomic E-state index is 12.6. The van der Waals surface area contributed by atoms with Crippen LogP contribution in [0.5, 0.6) is 5.75 Å². The number of carbonyl (C=O) groups is 1. The molecule has 0 fully saturated rings. The number of nitrogens with one attached hydrogen (secondary N) is 1. The Morgan fingerprint density at radius 2 is 1.86 bits per heavy atom. The number of ether oxygens (including phenoxy) is 1. The van der Waals surface area contributed by atoms with Crippen molar-refractivity contribution in [1.82, 2.24) is 14.5 Å². The van der Waals surface area contributed by atoms with E-state index in [1.807, 2.05) is 78.2 Å². The molecule has 0 spiro atoms. The van der Waals surface area contributed by atoms with Gasteiger partial charge in [-0.15, -0.1) is 0 Å². The van der Waals surface area contributed by atoms with Crippen LogP contribution in [0.3, 0.4) is 0 Å². The number of hydrogen-bond acceptors (Lipinski definition) is 4. The van der Waals surface area contributed by atoms with Gasteiger partial charge >= 0.3 is 0 Å². The lowest BCUT2D eigenvalue weighted by molar-refractivity contribution is -0.116. The van der Waals surface area contributed by atoms with Crippen molar-refractivity contribution in [3.05, 3.63) is 84.3 Å². The lowest BCUT2D eigenvalue weighted by atomic mass is 10.3. The maximum atomic E-state index is 12.6. The van der Waals surface area contributed by atoms with Crippen molar-refractivity contribution in [2.75, 3.05) is 5.32 Å². The van der Waals surface area contributed by atoms with E-state index in [2.05, 4.69) is 15.3 Å². The van der Waals surface area contributed by atoms with Crippen LogP contribution in [0.1, 0.15) is 11.4 Å². The summed E-state index contributed by atoms with van der Waals surface area (Å²) in [7, 11) is 0. The van der Waals surface area contributed by atoms with Crippen LogP contribution in [-0.2, 0) is 17.9 Å². The highest BCUT2D eigenvalue weighted by Gasteiger charge is 2.14. The number of benzene rings is 2. The zero-order chi connectivity index (χ0) is 19.3. The van der Waals surface area contributed by atoms with Crippen LogP contribution in [-0.4, -0.2) is 20.4 Å². The van der Waals surface area contributed by atoms with E-state index < -0.39 is 0 Å². The molecule has 0 aliphatic heterocycles. The second-order valence-corrected chi connectivity index (χ2v) is 6.47. The first kappa shape index (κ1) is 17.7. The van der Waals surface area contributed by atoms with E-state index in [4.69, 9.17) is 4.74 Å². The van der Waals surface area contributed by atoms with Gasteiger partial charge in [0.05, 0.1) is 11.0 Å². The Hall–Kier alpha value is -3.67. The van der Waals surface area contributed by atoms with E-state index in [1.54, 1.807) is 6.20 Å². The number of nitrogens with zero attached hydrogens (tertiary/aromatic N) is 3. The molecular formula is C22H20N4O2. The van der Waals surface area contributed by atoms with Crippen molar-refractivity contribution < 1.29 is 9.53 Å². The number of para-hydroxylation sites is 3. The number of hydrogen-bond donors (Lipinski definition) is 1. The van der Waals surface area contributed by atoms with Crippen molar-refractivity contribution in [2.45, 2.75) is 20.1 Å². The van der Waals surface area contributed by atoms with Crippen LogP contribution in [0.25, 0.3) is 11.0 Å². The number of imidazole rings is 1. The SMILES string of the molecule is Cc1ccnc(NC(=O)Cn2c(COc3ccccc3)nc3ccccc32)c1. The smallest absolute Gasteiger partial charge is 0.245 e. The molecule has 4 rings (SSSR count). The number of pyridine rings is 1. The number of rotatable bonds is 6. The van der Waals surface area contributed by atoms with Crippen LogP contribution in [0.2, 0.25) is 0 Å². The highest BCUT2D eigenvalue weighted by molar-refractivity contribution is 5.91. The van der Waals surface area contributed by atoms with Crippen molar-refractivity contribution in [2.24, 2.45) is 0 Å². The molecule has 4 aromatic rings. The first-order valence-electron chi connectivity index (χ1n) is 9.03. The Bertz CT molecular complexity index is 1110. The second-order valence-electron chi connectivity index (χ2n) is 6.47. The highest BCUT2D eigenvalue weighted by Crippen LogP contribution is 2.18. The van der Waals surface area contributed by atoms with Crippen molar-refractivity contribution in [3.8, 4) is 5.75 Å². The average Bonchev–Trinajstić information content (AvgIpc) is 3.05. The van der Waals surface area contributed by atoms with Crippen molar-refractivity contribution in [1.29, 1.82) is 0 Å². The third kappa shape index (κ3) is 4.01. The van der Waals surface area contributed by atoms with Gasteiger partial charge in [0.1, 0.15) is 30.5 Å². The van der Waals surface area contributed by atoms with Gasteiger partial charge in [-0.1, -0.05) is 30.3 Å².